The van der Waals surface area contributed by atoms with Crippen molar-refractivity contribution < 1.29 is 46.1 Å². The van der Waals surface area contributed by atoms with Crippen LogP contribution in [0, 0.1) is 0 Å². The van der Waals surface area contributed by atoms with Gasteiger partial charge in [-0.2, -0.15) is 0 Å². The first kappa shape index (κ1) is 17.3. The summed E-state index contributed by atoms with van der Waals surface area (Å²) >= 11 is -1.55. The molecule has 2 aliphatic carbocycles. The molecule has 0 saturated heterocycles. The van der Waals surface area contributed by atoms with Gasteiger partial charge in [0.2, 0.25) is 0 Å². The van der Waals surface area contributed by atoms with E-state index >= 15 is 0 Å². The summed E-state index contributed by atoms with van der Waals surface area (Å²) in [7, 11) is 0. The van der Waals surface area contributed by atoms with Gasteiger partial charge < -0.3 is 24.8 Å². The van der Waals surface area contributed by atoms with Crippen molar-refractivity contribution in [2.24, 2.45) is 0 Å². The Balaban J connectivity index is 0.00000128. The summed E-state index contributed by atoms with van der Waals surface area (Å²) in [5.74, 6) is 0. The summed E-state index contributed by atoms with van der Waals surface area (Å²) in [6, 6.07) is 0. The molecule has 0 unspecified atom stereocenters. The minimum absolute atomic E-state index is 0. The van der Waals surface area contributed by atoms with Crippen LogP contribution in [0.4, 0.5) is 0 Å². The van der Waals surface area contributed by atoms with Crippen molar-refractivity contribution in [1.82, 2.24) is 0 Å². The maximum atomic E-state index is 2.45. The van der Waals surface area contributed by atoms with Crippen LogP contribution < -0.4 is 24.8 Å². The van der Waals surface area contributed by atoms with E-state index in [9.17, 15) is 0 Å². The molecule has 17 heavy (non-hydrogen) atoms. The third-order valence-electron chi connectivity index (χ3n) is 2.96. The quantitative estimate of drug-likeness (QED) is 0.537. The molecule has 0 spiro atoms. The maximum Gasteiger partial charge on any atom is -1.00 e. The first-order valence-corrected chi connectivity index (χ1v) is 9.28. The van der Waals surface area contributed by atoms with Gasteiger partial charge in [0.15, 0.2) is 0 Å². The normalized spacial score (nSPS) is 16.0. The minimum atomic E-state index is -1.55. The van der Waals surface area contributed by atoms with Gasteiger partial charge >= 0.3 is 101 Å². The van der Waals surface area contributed by atoms with Crippen LogP contribution in [0.5, 0.6) is 0 Å². The van der Waals surface area contributed by atoms with Gasteiger partial charge in [-0.25, -0.2) is 0 Å². The summed E-state index contributed by atoms with van der Waals surface area (Å²) in [6.07, 6.45) is 14.2. The minimum Gasteiger partial charge on any atom is -1.00 e. The van der Waals surface area contributed by atoms with Crippen molar-refractivity contribution in [3.63, 3.8) is 0 Å². The summed E-state index contributed by atoms with van der Waals surface area (Å²) in [5, 5.41) is 0. The van der Waals surface area contributed by atoms with Crippen LogP contribution in [-0.2, 0) is 21.3 Å². The Morgan fingerprint density at radius 2 is 1.82 bits per heavy atom. The van der Waals surface area contributed by atoms with Gasteiger partial charge in [0.1, 0.15) is 0 Å². The molecule has 2 aliphatic rings. The van der Waals surface area contributed by atoms with Crippen LogP contribution in [0.2, 0.25) is 0 Å². The zero-order chi connectivity index (χ0) is 10.8. The summed E-state index contributed by atoms with van der Waals surface area (Å²) < 4.78 is 5.23. The maximum absolute atomic E-state index is 2.45. The van der Waals surface area contributed by atoms with E-state index in [1.165, 1.54) is 18.4 Å². The van der Waals surface area contributed by atoms with Gasteiger partial charge in [0.05, 0.1) is 0 Å². The van der Waals surface area contributed by atoms with E-state index < -0.39 is 21.3 Å². The summed E-state index contributed by atoms with van der Waals surface area (Å²) in [6.45, 7) is 6.89. The number of rotatable bonds is 2. The second kappa shape index (κ2) is 7.67. The van der Waals surface area contributed by atoms with Crippen molar-refractivity contribution in [2.75, 3.05) is 0 Å². The van der Waals surface area contributed by atoms with Crippen molar-refractivity contribution >= 4 is 3.21 Å². The van der Waals surface area contributed by atoms with Gasteiger partial charge in [0.25, 0.3) is 0 Å². The Bertz CT molecular complexity index is 433. The second-order valence-corrected chi connectivity index (χ2v) is 12.0. The molecule has 0 aromatic heterocycles. The molecule has 2 rings (SSSR count). The molecule has 0 aromatic carbocycles. The predicted octanol–water partition coefficient (Wildman–Crippen LogP) is -2.10. The van der Waals surface area contributed by atoms with E-state index in [0.29, 0.717) is 0 Å². The van der Waals surface area contributed by atoms with Crippen LogP contribution in [0.1, 0.15) is 33.6 Å². The molecule has 0 radical (unpaired) electrons. The smallest absolute Gasteiger partial charge is 1.00 e. The van der Waals surface area contributed by atoms with Crippen LogP contribution in [0.3, 0.4) is 0 Å². The van der Waals surface area contributed by atoms with E-state index in [0.717, 1.165) is 0 Å². The molecule has 0 aliphatic heterocycles. The fourth-order valence-corrected chi connectivity index (χ4v) is 9.59. The van der Waals surface area contributed by atoms with E-state index in [1.807, 2.05) is 0 Å². The molecular weight excluding hydrogens is 330 g/mol. The molecule has 0 fully saturated rings. The van der Waals surface area contributed by atoms with Gasteiger partial charge in [-0.15, -0.1) is 0 Å². The van der Waals surface area contributed by atoms with Gasteiger partial charge in [-0.05, 0) is 0 Å². The SMILES string of the molecule is CC1=CC[C]([Zr+2]([C]2=CC=CC2)=[C](C)C)=C1.[Cl-].[Cl-]. The van der Waals surface area contributed by atoms with Crippen LogP contribution in [0.25, 0.3) is 0 Å². The fourth-order valence-electron chi connectivity index (χ4n) is 2.32. The zero-order valence-corrected chi connectivity index (χ0v) is 14.5. The van der Waals surface area contributed by atoms with E-state index in [1.54, 1.807) is 9.77 Å². The monoisotopic (exact) mass is 346 g/mol. The molecule has 0 aromatic rings. The first-order chi connectivity index (χ1) is 7.18. The Kier molecular flexibility index (Phi) is 7.80. The molecule has 0 nitrogen and oxygen atoms in total. The number of allylic oxidation sites excluding steroid dienone is 8. The largest absolute Gasteiger partial charge is 1.00 e. The molecule has 0 amide bonds. The molecule has 0 atom stereocenters. The Morgan fingerprint density at radius 1 is 1.12 bits per heavy atom. The van der Waals surface area contributed by atoms with E-state index in [-0.39, 0.29) is 24.8 Å². The van der Waals surface area contributed by atoms with Gasteiger partial charge in [-0.3, -0.25) is 0 Å². The summed E-state index contributed by atoms with van der Waals surface area (Å²) in [4.78, 5) is 0. The molecule has 0 heterocycles. The van der Waals surface area contributed by atoms with Crippen LogP contribution >= 0.6 is 0 Å². The van der Waals surface area contributed by atoms with Crippen molar-refractivity contribution in [3.05, 3.63) is 42.5 Å². The standard InChI is InChI=1S/C6H7.C5H5.C3H6.2ClH.Zr/c1-6-4-2-3-5-6;1-2-4-5-3-1;1-3-2;;;/h4-5H,2H2,1H3;1-3H,4H2;1-2H3;2*1H;/q;;;;;+2/p-2. The second-order valence-electron chi connectivity index (χ2n) is 4.52. The first-order valence-electron chi connectivity index (χ1n) is 5.59. The Hall–Kier alpha value is 0.293. The molecule has 3 heteroatoms. The van der Waals surface area contributed by atoms with E-state index in [4.69, 9.17) is 0 Å². The predicted molar refractivity (Wildman–Crippen MR) is 64.7 cm³/mol. The number of hydrogen-bond acceptors (Lipinski definition) is 0. The van der Waals surface area contributed by atoms with E-state index in [2.05, 4.69) is 51.2 Å². The van der Waals surface area contributed by atoms with Crippen LogP contribution in [0.15, 0.2) is 42.5 Å². The molecule has 92 valence electrons. The number of hydrogen-bond donors (Lipinski definition) is 0. The molecule has 0 bridgehead atoms. The van der Waals surface area contributed by atoms with Crippen molar-refractivity contribution in [3.8, 4) is 0 Å². The van der Waals surface area contributed by atoms with Crippen molar-refractivity contribution in [1.29, 1.82) is 0 Å². The Morgan fingerprint density at radius 3 is 2.24 bits per heavy atom. The van der Waals surface area contributed by atoms with Crippen molar-refractivity contribution in [2.45, 2.75) is 33.6 Å². The van der Waals surface area contributed by atoms with Gasteiger partial charge in [-0.1, -0.05) is 0 Å². The Labute approximate surface area is 125 Å². The summed E-state index contributed by atoms with van der Waals surface area (Å²) in [5.41, 5.74) is 1.47. The third kappa shape index (κ3) is 4.16. The molecule has 0 N–H and O–H groups in total. The van der Waals surface area contributed by atoms with Crippen LogP contribution in [-0.4, -0.2) is 3.21 Å². The average molecular weight is 348 g/mol. The fraction of sp³-hybridized carbons (Fsp3) is 0.357. The molecule has 0 saturated carbocycles. The number of halogens is 2. The van der Waals surface area contributed by atoms with Gasteiger partial charge in [0, 0.05) is 0 Å². The average Bonchev–Trinajstić information content (AvgIpc) is 2.77. The third-order valence-corrected chi connectivity index (χ3v) is 10.3. The molecular formula is C14H18Cl2Zr. The zero-order valence-electron chi connectivity index (χ0n) is 10.6. The topological polar surface area (TPSA) is 0 Å².